The number of nitrogens with zero attached hydrogens (tertiary/aromatic N) is 1. The Morgan fingerprint density at radius 3 is 2.04 bits per heavy atom. The number of hydrazine groups is 1. The summed E-state index contributed by atoms with van der Waals surface area (Å²) in [7, 11) is 0. The fourth-order valence-corrected chi connectivity index (χ4v) is 2.37. The van der Waals surface area contributed by atoms with Crippen LogP contribution in [0, 0.1) is 0 Å². The van der Waals surface area contributed by atoms with Gasteiger partial charge in [-0.3, -0.25) is 14.6 Å². The van der Waals surface area contributed by atoms with E-state index in [9.17, 15) is 9.59 Å². The molecular formula is C18H22N4O2. The second-order valence-electron chi connectivity index (χ2n) is 5.62. The number of anilines is 1. The van der Waals surface area contributed by atoms with E-state index in [1.165, 1.54) is 18.1 Å². The zero-order chi connectivity index (χ0) is 17.5. The number of hydrogen-bond acceptors (Lipinski definition) is 4. The van der Waals surface area contributed by atoms with Gasteiger partial charge in [-0.05, 0) is 41.7 Å². The van der Waals surface area contributed by atoms with Crippen LogP contribution in [0.4, 0.5) is 5.69 Å². The Hall–Kier alpha value is -2.70. The molecule has 1 unspecified atom stereocenters. The summed E-state index contributed by atoms with van der Waals surface area (Å²) in [5, 5.41) is 3.68. The first kappa shape index (κ1) is 17.7. The zero-order valence-corrected chi connectivity index (χ0v) is 13.6. The van der Waals surface area contributed by atoms with E-state index in [1.807, 2.05) is 48.5 Å². The number of nitrogens with two attached hydrogens (primary N) is 2. The van der Waals surface area contributed by atoms with E-state index in [2.05, 4.69) is 5.32 Å². The lowest BCUT2D eigenvalue weighted by Gasteiger charge is -2.19. The summed E-state index contributed by atoms with van der Waals surface area (Å²) in [6.45, 7) is 1.49. The van der Waals surface area contributed by atoms with Gasteiger partial charge in [0.1, 0.15) is 6.17 Å². The van der Waals surface area contributed by atoms with E-state index in [4.69, 9.17) is 11.6 Å². The first-order chi connectivity index (χ1) is 11.5. The molecule has 0 saturated carbocycles. The third-order valence-corrected chi connectivity index (χ3v) is 3.74. The number of hydrogen-bond donors (Lipinski definition) is 3. The number of carbonyl (C=O) groups is 2. The lowest BCUT2D eigenvalue weighted by atomic mass is 10.0. The van der Waals surface area contributed by atoms with E-state index in [0.717, 1.165) is 29.1 Å². The maximum atomic E-state index is 11.0. The van der Waals surface area contributed by atoms with Crippen molar-refractivity contribution in [3.05, 3.63) is 65.2 Å². The summed E-state index contributed by atoms with van der Waals surface area (Å²) in [5.41, 5.74) is 9.80. The lowest BCUT2D eigenvalue weighted by molar-refractivity contribution is -0.120. The number of aryl methyl sites for hydroxylation is 2. The predicted molar refractivity (Wildman–Crippen MR) is 93.6 cm³/mol. The highest BCUT2D eigenvalue weighted by atomic mass is 16.1. The van der Waals surface area contributed by atoms with E-state index in [1.54, 1.807) is 0 Å². The maximum absolute atomic E-state index is 11.0. The molecule has 0 bridgehead atoms. The minimum atomic E-state index is -0.641. The quantitative estimate of drug-likeness (QED) is 0.237. The highest BCUT2D eigenvalue weighted by molar-refractivity contribution is 5.88. The van der Waals surface area contributed by atoms with Crippen LogP contribution in [-0.2, 0) is 22.4 Å². The van der Waals surface area contributed by atoms with Gasteiger partial charge in [0, 0.05) is 12.6 Å². The van der Waals surface area contributed by atoms with Gasteiger partial charge in [0.25, 0.3) is 0 Å². The fourth-order valence-electron chi connectivity index (χ4n) is 2.37. The van der Waals surface area contributed by atoms with Gasteiger partial charge >= 0.3 is 0 Å². The molecule has 0 aliphatic rings. The third kappa shape index (κ3) is 4.91. The number of rotatable bonds is 7. The normalized spacial score (nSPS) is 11.6. The van der Waals surface area contributed by atoms with Crippen LogP contribution in [0.5, 0.6) is 0 Å². The SMILES string of the molecule is CC(=O)Nc1ccc(CCc2ccc(C(N)N(N)C=O)cc2)cc1. The van der Waals surface area contributed by atoms with Crippen molar-refractivity contribution >= 4 is 18.0 Å². The van der Waals surface area contributed by atoms with Gasteiger partial charge < -0.3 is 11.1 Å². The first-order valence-corrected chi connectivity index (χ1v) is 7.69. The lowest BCUT2D eigenvalue weighted by Crippen LogP contribution is -2.38. The molecule has 2 rings (SSSR count). The van der Waals surface area contributed by atoms with Gasteiger partial charge in [0.15, 0.2) is 0 Å². The van der Waals surface area contributed by atoms with Crippen LogP contribution in [-0.4, -0.2) is 17.3 Å². The van der Waals surface area contributed by atoms with Crippen molar-refractivity contribution in [1.82, 2.24) is 5.01 Å². The summed E-state index contributed by atoms with van der Waals surface area (Å²) >= 11 is 0. The van der Waals surface area contributed by atoms with Crippen molar-refractivity contribution in [3.63, 3.8) is 0 Å². The molecular weight excluding hydrogens is 304 g/mol. The molecule has 0 aliphatic heterocycles. The molecule has 6 heteroatoms. The second-order valence-corrected chi connectivity index (χ2v) is 5.62. The molecule has 0 fully saturated rings. The standard InChI is InChI=1S/C18H22N4O2/c1-13(24)21-17-10-6-15(7-11-17)3-2-14-4-8-16(9-5-14)18(19)22(20)12-23/h4-12,18H,2-3,19-20H2,1H3,(H,21,24). The summed E-state index contributed by atoms with van der Waals surface area (Å²) in [6, 6.07) is 15.5. The number of benzene rings is 2. The zero-order valence-electron chi connectivity index (χ0n) is 13.6. The van der Waals surface area contributed by atoms with Gasteiger partial charge in [0.2, 0.25) is 12.3 Å². The fraction of sp³-hybridized carbons (Fsp3) is 0.222. The smallest absolute Gasteiger partial charge is 0.225 e. The van der Waals surface area contributed by atoms with Crippen molar-refractivity contribution in [1.29, 1.82) is 0 Å². The van der Waals surface area contributed by atoms with E-state index < -0.39 is 6.17 Å². The van der Waals surface area contributed by atoms with Crippen molar-refractivity contribution in [2.45, 2.75) is 25.9 Å². The molecule has 1 atom stereocenters. The minimum Gasteiger partial charge on any atom is -0.326 e. The average molecular weight is 326 g/mol. The summed E-state index contributed by atoms with van der Waals surface area (Å²) in [5.74, 6) is 5.40. The highest BCUT2D eigenvalue weighted by Gasteiger charge is 2.10. The summed E-state index contributed by atoms with van der Waals surface area (Å²) in [6.07, 6.45) is 1.64. The van der Waals surface area contributed by atoms with Gasteiger partial charge in [-0.1, -0.05) is 36.4 Å². The number of carbonyl (C=O) groups excluding carboxylic acids is 2. The van der Waals surface area contributed by atoms with Gasteiger partial charge in [-0.25, -0.2) is 5.84 Å². The Balaban J connectivity index is 1.92. The molecule has 2 aromatic rings. The topological polar surface area (TPSA) is 101 Å². The first-order valence-electron chi connectivity index (χ1n) is 7.69. The van der Waals surface area contributed by atoms with Crippen LogP contribution in [0.15, 0.2) is 48.5 Å². The summed E-state index contributed by atoms with van der Waals surface area (Å²) in [4.78, 5) is 21.6. The molecule has 0 radical (unpaired) electrons. The Labute approximate surface area is 141 Å². The van der Waals surface area contributed by atoms with Crippen LogP contribution >= 0.6 is 0 Å². The van der Waals surface area contributed by atoms with Crippen molar-refractivity contribution in [2.75, 3.05) is 5.32 Å². The van der Waals surface area contributed by atoms with Crippen molar-refractivity contribution < 1.29 is 9.59 Å². The third-order valence-electron chi connectivity index (χ3n) is 3.74. The molecule has 0 heterocycles. The Morgan fingerprint density at radius 2 is 1.58 bits per heavy atom. The molecule has 2 amide bonds. The molecule has 0 saturated heterocycles. The van der Waals surface area contributed by atoms with Crippen molar-refractivity contribution in [2.24, 2.45) is 11.6 Å². The summed E-state index contributed by atoms with van der Waals surface area (Å²) < 4.78 is 0. The van der Waals surface area contributed by atoms with Gasteiger partial charge in [0.05, 0.1) is 0 Å². The van der Waals surface area contributed by atoms with Crippen LogP contribution in [0.2, 0.25) is 0 Å². The molecule has 6 nitrogen and oxygen atoms in total. The molecule has 126 valence electrons. The van der Waals surface area contributed by atoms with Crippen LogP contribution in [0.25, 0.3) is 0 Å². The van der Waals surface area contributed by atoms with Crippen LogP contribution in [0.3, 0.4) is 0 Å². The van der Waals surface area contributed by atoms with E-state index >= 15 is 0 Å². The Kier molecular flexibility index (Phi) is 6.06. The van der Waals surface area contributed by atoms with E-state index in [0.29, 0.717) is 6.41 Å². The molecule has 24 heavy (non-hydrogen) atoms. The van der Waals surface area contributed by atoms with Gasteiger partial charge in [-0.15, -0.1) is 0 Å². The second kappa shape index (κ2) is 8.24. The van der Waals surface area contributed by atoms with Crippen molar-refractivity contribution in [3.8, 4) is 0 Å². The largest absolute Gasteiger partial charge is 0.326 e. The van der Waals surface area contributed by atoms with Crippen LogP contribution in [0.1, 0.15) is 29.8 Å². The Bertz CT molecular complexity index is 683. The highest BCUT2D eigenvalue weighted by Crippen LogP contribution is 2.15. The molecule has 0 aliphatic carbocycles. The maximum Gasteiger partial charge on any atom is 0.225 e. The van der Waals surface area contributed by atoms with E-state index in [-0.39, 0.29) is 5.91 Å². The monoisotopic (exact) mass is 326 g/mol. The van der Waals surface area contributed by atoms with Crippen LogP contribution < -0.4 is 16.9 Å². The molecule has 0 aromatic heterocycles. The molecule has 0 spiro atoms. The van der Waals surface area contributed by atoms with Gasteiger partial charge in [-0.2, -0.15) is 0 Å². The average Bonchev–Trinajstić information content (AvgIpc) is 2.60. The number of nitrogens with one attached hydrogen (secondary N) is 1. The predicted octanol–water partition coefficient (Wildman–Crippen LogP) is 1.72. The number of amides is 2. The minimum absolute atomic E-state index is 0.0772. The Morgan fingerprint density at radius 1 is 1.08 bits per heavy atom. The molecule has 2 aromatic carbocycles. The molecule has 5 N–H and O–H groups in total.